The number of amides is 5. The van der Waals surface area contributed by atoms with Crippen LogP contribution in [-0.4, -0.2) is 30.1 Å². The number of hydrogen-bond donors (Lipinski definition) is 4. The molecule has 1 aromatic rings. The smallest absolute Gasteiger partial charge is 0.322 e. The van der Waals surface area contributed by atoms with Gasteiger partial charge in [0, 0.05) is 12.5 Å². The van der Waals surface area contributed by atoms with Crippen LogP contribution in [0.25, 0.3) is 0 Å². The normalized spacial score (nSPS) is 25.5. The number of aryl methyl sites for hydroxylation is 1. The molecule has 0 bridgehead atoms. The molecule has 7 nitrogen and oxygen atoms in total. The Balaban J connectivity index is 1.62. The SMILES string of the molecule is Cc1cccc(F)c1NC(=O)NC[C@H]1CCC[C@]12NC(=O)NC2=O. The lowest BCUT2D eigenvalue weighted by Gasteiger charge is -2.28. The minimum Gasteiger partial charge on any atom is -0.337 e. The number of imide groups is 1. The van der Waals surface area contributed by atoms with Crippen LogP contribution in [0.4, 0.5) is 19.7 Å². The Hall–Kier alpha value is -2.64. The highest BCUT2D eigenvalue weighted by Gasteiger charge is 2.54. The highest BCUT2D eigenvalue weighted by atomic mass is 19.1. The maximum atomic E-state index is 13.7. The summed E-state index contributed by atoms with van der Waals surface area (Å²) >= 11 is 0. The van der Waals surface area contributed by atoms with E-state index in [-0.39, 0.29) is 24.1 Å². The van der Waals surface area contributed by atoms with Crippen LogP contribution < -0.4 is 21.3 Å². The molecule has 128 valence electrons. The van der Waals surface area contributed by atoms with Gasteiger partial charge in [0.05, 0.1) is 5.69 Å². The van der Waals surface area contributed by atoms with Crippen molar-refractivity contribution >= 4 is 23.7 Å². The number of anilines is 1. The molecular formula is C16H19FN4O3. The fraction of sp³-hybridized carbons (Fsp3) is 0.438. The number of urea groups is 2. The Bertz CT molecular complexity index is 688. The molecule has 2 atom stereocenters. The first-order valence-electron chi connectivity index (χ1n) is 7.86. The Kier molecular flexibility index (Phi) is 4.13. The Morgan fingerprint density at radius 3 is 2.88 bits per heavy atom. The van der Waals surface area contributed by atoms with Gasteiger partial charge in [-0.15, -0.1) is 0 Å². The second-order valence-corrected chi connectivity index (χ2v) is 6.24. The van der Waals surface area contributed by atoms with Gasteiger partial charge in [0.25, 0.3) is 5.91 Å². The Morgan fingerprint density at radius 1 is 1.42 bits per heavy atom. The van der Waals surface area contributed by atoms with E-state index in [4.69, 9.17) is 0 Å². The maximum absolute atomic E-state index is 13.7. The van der Waals surface area contributed by atoms with Gasteiger partial charge in [0.1, 0.15) is 11.4 Å². The lowest BCUT2D eigenvalue weighted by atomic mass is 9.87. The molecule has 2 aliphatic rings. The van der Waals surface area contributed by atoms with Crippen LogP contribution in [0.1, 0.15) is 24.8 Å². The van der Waals surface area contributed by atoms with Gasteiger partial charge < -0.3 is 16.0 Å². The minimum absolute atomic E-state index is 0.128. The van der Waals surface area contributed by atoms with E-state index in [1.807, 2.05) is 0 Å². The highest BCUT2D eigenvalue weighted by molar-refractivity contribution is 6.07. The van der Waals surface area contributed by atoms with Crippen LogP contribution in [0.5, 0.6) is 0 Å². The average Bonchev–Trinajstić information content (AvgIpc) is 3.05. The van der Waals surface area contributed by atoms with E-state index in [2.05, 4.69) is 21.3 Å². The van der Waals surface area contributed by atoms with E-state index in [0.29, 0.717) is 18.4 Å². The second kappa shape index (κ2) is 6.10. The zero-order valence-electron chi connectivity index (χ0n) is 13.2. The summed E-state index contributed by atoms with van der Waals surface area (Å²) in [4.78, 5) is 35.5. The molecular weight excluding hydrogens is 315 g/mol. The topological polar surface area (TPSA) is 99.3 Å². The molecule has 1 spiro atoms. The quantitative estimate of drug-likeness (QED) is 0.632. The van der Waals surface area contributed by atoms with Crippen molar-refractivity contribution in [1.82, 2.24) is 16.0 Å². The predicted molar refractivity (Wildman–Crippen MR) is 84.9 cm³/mol. The third-order valence-corrected chi connectivity index (χ3v) is 4.76. The van der Waals surface area contributed by atoms with Crippen molar-refractivity contribution in [3.8, 4) is 0 Å². The Morgan fingerprint density at radius 2 is 2.21 bits per heavy atom. The Labute approximate surface area is 138 Å². The number of benzene rings is 1. The standard InChI is InChI=1S/C16H19FN4O3/c1-9-4-2-6-11(17)12(9)19-14(23)18-8-10-5-3-7-16(10)13(22)20-15(24)21-16/h2,4,6,10H,3,5,7-8H2,1H3,(H2,18,19,23)(H2,20,21,22,24)/t10-,16+/m1/s1. The van der Waals surface area contributed by atoms with Gasteiger partial charge in [0.2, 0.25) is 0 Å². The number of carbonyl (C=O) groups is 3. The van der Waals surface area contributed by atoms with Crippen LogP contribution in [0.2, 0.25) is 0 Å². The van der Waals surface area contributed by atoms with E-state index >= 15 is 0 Å². The summed E-state index contributed by atoms with van der Waals surface area (Å²) in [6.45, 7) is 1.91. The number of halogens is 1. The van der Waals surface area contributed by atoms with Crippen LogP contribution in [0.3, 0.4) is 0 Å². The molecule has 5 amide bonds. The summed E-state index contributed by atoms with van der Waals surface area (Å²) in [7, 11) is 0. The van der Waals surface area contributed by atoms with E-state index in [9.17, 15) is 18.8 Å². The number of hydrogen-bond acceptors (Lipinski definition) is 3. The minimum atomic E-state index is -0.946. The van der Waals surface area contributed by atoms with E-state index in [0.717, 1.165) is 6.42 Å². The summed E-state index contributed by atoms with van der Waals surface area (Å²) in [6.07, 6.45) is 2.05. The molecule has 1 aliphatic heterocycles. The number of para-hydroxylation sites is 1. The van der Waals surface area contributed by atoms with Crippen LogP contribution in [0, 0.1) is 18.7 Å². The summed E-state index contributed by atoms with van der Waals surface area (Å²) in [5, 5.41) is 10.1. The lowest BCUT2D eigenvalue weighted by molar-refractivity contribution is -0.125. The molecule has 4 N–H and O–H groups in total. The molecule has 3 rings (SSSR count). The van der Waals surface area contributed by atoms with Gasteiger partial charge in [-0.25, -0.2) is 14.0 Å². The molecule has 0 unspecified atom stereocenters. The first-order chi connectivity index (χ1) is 11.4. The van der Waals surface area contributed by atoms with E-state index in [1.54, 1.807) is 19.1 Å². The molecule has 1 aliphatic carbocycles. The summed E-state index contributed by atoms with van der Waals surface area (Å²) < 4.78 is 13.7. The van der Waals surface area contributed by atoms with Crippen molar-refractivity contribution in [3.05, 3.63) is 29.6 Å². The van der Waals surface area contributed by atoms with Crippen LogP contribution >= 0.6 is 0 Å². The summed E-state index contributed by atoms with van der Waals surface area (Å²) in [5.74, 6) is -1.05. The highest BCUT2D eigenvalue weighted by Crippen LogP contribution is 2.37. The third kappa shape index (κ3) is 2.79. The lowest BCUT2D eigenvalue weighted by Crippen LogP contribution is -2.53. The fourth-order valence-electron chi connectivity index (χ4n) is 3.49. The molecule has 1 aromatic carbocycles. The molecule has 24 heavy (non-hydrogen) atoms. The van der Waals surface area contributed by atoms with Gasteiger partial charge in [-0.2, -0.15) is 0 Å². The predicted octanol–water partition coefficient (Wildman–Crippen LogP) is 1.63. The molecule has 0 aromatic heterocycles. The second-order valence-electron chi connectivity index (χ2n) is 6.24. The van der Waals surface area contributed by atoms with E-state index < -0.39 is 23.4 Å². The molecule has 1 saturated carbocycles. The summed E-state index contributed by atoms with van der Waals surface area (Å²) in [5.41, 5.74) is -0.203. The van der Waals surface area contributed by atoms with Gasteiger partial charge in [0.15, 0.2) is 0 Å². The average molecular weight is 334 g/mol. The van der Waals surface area contributed by atoms with Gasteiger partial charge in [-0.3, -0.25) is 10.1 Å². The monoisotopic (exact) mass is 334 g/mol. The van der Waals surface area contributed by atoms with Gasteiger partial charge >= 0.3 is 12.1 Å². The van der Waals surface area contributed by atoms with E-state index in [1.165, 1.54) is 6.07 Å². The van der Waals surface area contributed by atoms with Crippen molar-refractivity contribution in [2.45, 2.75) is 31.7 Å². The van der Waals surface area contributed by atoms with Crippen molar-refractivity contribution in [1.29, 1.82) is 0 Å². The van der Waals surface area contributed by atoms with Crippen molar-refractivity contribution in [2.24, 2.45) is 5.92 Å². The number of carbonyl (C=O) groups excluding carboxylic acids is 3. The molecule has 8 heteroatoms. The molecule has 1 heterocycles. The van der Waals surface area contributed by atoms with Gasteiger partial charge in [-0.1, -0.05) is 18.6 Å². The van der Waals surface area contributed by atoms with Crippen LogP contribution in [0.15, 0.2) is 18.2 Å². The largest absolute Gasteiger partial charge is 0.337 e. The zero-order valence-corrected chi connectivity index (χ0v) is 13.2. The van der Waals surface area contributed by atoms with Crippen molar-refractivity contribution in [2.75, 3.05) is 11.9 Å². The number of nitrogens with one attached hydrogen (secondary N) is 4. The number of rotatable bonds is 3. The van der Waals surface area contributed by atoms with Crippen molar-refractivity contribution in [3.63, 3.8) is 0 Å². The van der Waals surface area contributed by atoms with Crippen molar-refractivity contribution < 1.29 is 18.8 Å². The molecule has 2 fully saturated rings. The molecule has 1 saturated heterocycles. The first kappa shape index (κ1) is 16.2. The fourth-order valence-corrected chi connectivity index (χ4v) is 3.49. The van der Waals surface area contributed by atoms with Crippen LogP contribution in [-0.2, 0) is 4.79 Å². The third-order valence-electron chi connectivity index (χ3n) is 4.76. The molecule has 0 radical (unpaired) electrons. The summed E-state index contributed by atoms with van der Waals surface area (Å²) in [6, 6.07) is 3.49. The maximum Gasteiger partial charge on any atom is 0.322 e. The first-order valence-corrected chi connectivity index (χ1v) is 7.86. The zero-order chi connectivity index (χ0) is 17.3. The van der Waals surface area contributed by atoms with Gasteiger partial charge in [-0.05, 0) is 31.4 Å².